The molecule has 2 nitrogen and oxygen atoms in total. The molecule has 0 saturated carbocycles. The summed E-state index contributed by atoms with van der Waals surface area (Å²) in [6.07, 6.45) is 2.65. The second-order valence-corrected chi connectivity index (χ2v) is 6.05. The molecular weight excluding hydrogens is 325 g/mol. The predicted molar refractivity (Wildman–Crippen MR) is 81.3 cm³/mol. The van der Waals surface area contributed by atoms with Crippen molar-refractivity contribution in [3.63, 3.8) is 0 Å². The third-order valence-electron chi connectivity index (χ3n) is 2.77. The van der Waals surface area contributed by atoms with Crippen LogP contribution in [-0.4, -0.2) is 23.8 Å². The van der Waals surface area contributed by atoms with E-state index < -0.39 is 5.60 Å². The minimum Gasteiger partial charge on any atom is -0.390 e. The highest BCUT2D eigenvalue weighted by Crippen LogP contribution is 2.17. The molecule has 0 aromatic heterocycles. The van der Waals surface area contributed by atoms with Gasteiger partial charge in [0.1, 0.15) is 0 Å². The largest absolute Gasteiger partial charge is 0.390 e. The minimum atomic E-state index is -0.618. The van der Waals surface area contributed by atoms with Crippen LogP contribution in [0, 0.1) is 3.57 Å². The molecule has 0 aliphatic heterocycles. The highest BCUT2D eigenvalue weighted by molar-refractivity contribution is 14.1. The standard InChI is InChI=1S/C14H22INO/c1-3-9-16-10-8-14(2,17)11-12-4-6-13(15)7-5-12/h4-7,16-17H,3,8-11H2,1-2H3. The van der Waals surface area contributed by atoms with Crippen LogP contribution >= 0.6 is 22.6 Å². The molecule has 0 spiro atoms. The molecule has 0 bridgehead atoms. The molecule has 0 radical (unpaired) electrons. The van der Waals surface area contributed by atoms with Crippen LogP contribution in [0.1, 0.15) is 32.3 Å². The second kappa shape index (κ2) is 7.34. The fourth-order valence-corrected chi connectivity index (χ4v) is 2.15. The second-order valence-electron chi connectivity index (χ2n) is 4.80. The van der Waals surface area contributed by atoms with Crippen molar-refractivity contribution >= 4 is 22.6 Å². The van der Waals surface area contributed by atoms with Crippen molar-refractivity contribution in [2.45, 2.75) is 38.7 Å². The summed E-state index contributed by atoms with van der Waals surface area (Å²) in [7, 11) is 0. The molecule has 17 heavy (non-hydrogen) atoms. The lowest BCUT2D eigenvalue weighted by Crippen LogP contribution is -2.32. The number of rotatable bonds is 7. The molecule has 0 saturated heterocycles. The Bertz CT molecular complexity index is 321. The monoisotopic (exact) mass is 347 g/mol. The fourth-order valence-electron chi connectivity index (χ4n) is 1.79. The van der Waals surface area contributed by atoms with E-state index in [1.165, 1.54) is 9.13 Å². The topological polar surface area (TPSA) is 32.3 Å². The van der Waals surface area contributed by atoms with Gasteiger partial charge in [0.05, 0.1) is 5.60 Å². The van der Waals surface area contributed by atoms with E-state index in [0.717, 1.165) is 32.4 Å². The Morgan fingerprint density at radius 2 is 1.88 bits per heavy atom. The molecule has 0 fully saturated rings. The van der Waals surface area contributed by atoms with Crippen LogP contribution < -0.4 is 5.32 Å². The predicted octanol–water partition coefficient (Wildman–Crippen LogP) is 2.97. The lowest BCUT2D eigenvalue weighted by atomic mass is 9.93. The van der Waals surface area contributed by atoms with E-state index in [-0.39, 0.29) is 0 Å². The molecule has 0 heterocycles. The Balaban J connectivity index is 2.40. The molecule has 1 atom stereocenters. The molecule has 0 aliphatic rings. The van der Waals surface area contributed by atoms with Crippen molar-refractivity contribution in [1.29, 1.82) is 0 Å². The molecular formula is C14H22INO. The van der Waals surface area contributed by atoms with Gasteiger partial charge in [0.15, 0.2) is 0 Å². The van der Waals surface area contributed by atoms with Crippen LogP contribution in [0.25, 0.3) is 0 Å². The van der Waals surface area contributed by atoms with Gasteiger partial charge >= 0.3 is 0 Å². The highest BCUT2D eigenvalue weighted by atomic mass is 127. The first kappa shape index (κ1) is 14.9. The van der Waals surface area contributed by atoms with E-state index in [9.17, 15) is 5.11 Å². The Hall–Kier alpha value is -0.130. The minimum absolute atomic E-state index is 0.618. The summed E-state index contributed by atoms with van der Waals surface area (Å²) in [5.41, 5.74) is 0.582. The third-order valence-corrected chi connectivity index (χ3v) is 3.48. The lowest BCUT2D eigenvalue weighted by Gasteiger charge is -2.23. The van der Waals surface area contributed by atoms with Crippen molar-refractivity contribution in [2.24, 2.45) is 0 Å². The van der Waals surface area contributed by atoms with Crippen molar-refractivity contribution in [2.75, 3.05) is 13.1 Å². The molecule has 2 N–H and O–H groups in total. The van der Waals surface area contributed by atoms with E-state index in [2.05, 4.69) is 59.1 Å². The van der Waals surface area contributed by atoms with Gasteiger partial charge in [-0.05, 0) is 73.1 Å². The van der Waals surface area contributed by atoms with Gasteiger partial charge in [-0.15, -0.1) is 0 Å². The van der Waals surface area contributed by atoms with Crippen LogP contribution in [0.4, 0.5) is 0 Å². The summed E-state index contributed by atoms with van der Waals surface area (Å²) >= 11 is 2.29. The van der Waals surface area contributed by atoms with E-state index in [1.807, 2.05) is 6.92 Å². The summed E-state index contributed by atoms with van der Waals surface area (Å²) in [4.78, 5) is 0. The molecule has 0 amide bonds. The van der Waals surface area contributed by atoms with Crippen LogP contribution in [0.2, 0.25) is 0 Å². The van der Waals surface area contributed by atoms with Crippen molar-refractivity contribution < 1.29 is 5.11 Å². The van der Waals surface area contributed by atoms with Crippen molar-refractivity contribution in [3.05, 3.63) is 33.4 Å². The highest BCUT2D eigenvalue weighted by Gasteiger charge is 2.20. The maximum absolute atomic E-state index is 10.3. The number of aliphatic hydroxyl groups is 1. The Morgan fingerprint density at radius 1 is 1.24 bits per heavy atom. The summed E-state index contributed by atoms with van der Waals surface area (Å²) in [6.45, 7) is 5.97. The first-order valence-electron chi connectivity index (χ1n) is 6.21. The van der Waals surface area contributed by atoms with Gasteiger partial charge in [0.25, 0.3) is 0 Å². The van der Waals surface area contributed by atoms with Gasteiger partial charge in [-0.1, -0.05) is 19.1 Å². The van der Waals surface area contributed by atoms with Crippen LogP contribution in [0.15, 0.2) is 24.3 Å². The molecule has 1 rings (SSSR count). The van der Waals surface area contributed by atoms with E-state index >= 15 is 0 Å². The van der Waals surface area contributed by atoms with Gasteiger partial charge < -0.3 is 10.4 Å². The number of benzene rings is 1. The third kappa shape index (κ3) is 6.38. The average Bonchev–Trinajstić information content (AvgIpc) is 2.27. The number of hydrogen-bond donors (Lipinski definition) is 2. The van der Waals surface area contributed by atoms with Crippen LogP contribution in [0.3, 0.4) is 0 Å². The maximum atomic E-state index is 10.3. The lowest BCUT2D eigenvalue weighted by molar-refractivity contribution is 0.0516. The Kier molecular flexibility index (Phi) is 6.44. The number of nitrogens with one attached hydrogen (secondary N) is 1. The van der Waals surface area contributed by atoms with E-state index in [0.29, 0.717) is 0 Å². The normalized spacial score (nSPS) is 14.6. The SMILES string of the molecule is CCCNCCC(C)(O)Cc1ccc(I)cc1. The smallest absolute Gasteiger partial charge is 0.0672 e. The zero-order valence-corrected chi connectivity index (χ0v) is 12.8. The fraction of sp³-hybridized carbons (Fsp3) is 0.571. The van der Waals surface area contributed by atoms with Crippen LogP contribution in [-0.2, 0) is 6.42 Å². The maximum Gasteiger partial charge on any atom is 0.0672 e. The van der Waals surface area contributed by atoms with Gasteiger partial charge in [0.2, 0.25) is 0 Å². The first-order chi connectivity index (χ1) is 8.03. The quantitative estimate of drug-likeness (QED) is 0.587. The number of hydrogen-bond acceptors (Lipinski definition) is 2. The van der Waals surface area contributed by atoms with E-state index in [4.69, 9.17) is 0 Å². The molecule has 1 unspecified atom stereocenters. The molecule has 1 aromatic carbocycles. The van der Waals surface area contributed by atoms with Crippen molar-refractivity contribution in [1.82, 2.24) is 5.32 Å². The zero-order valence-electron chi connectivity index (χ0n) is 10.7. The van der Waals surface area contributed by atoms with Crippen LogP contribution in [0.5, 0.6) is 0 Å². The van der Waals surface area contributed by atoms with Gasteiger partial charge in [-0.25, -0.2) is 0 Å². The summed E-state index contributed by atoms with van der Waals surface area (Å²) in [5.74, 6) is 0. The Morgan fingerprint density at radius 3 is 2.47 bits per heavy atom. The molecule has 3 heteroatoms. The van der Waals surface area contributed by atoms with Crippen molar-refractivity contribution in [3.8, 4) is 0 Å². The summed E-state index contributed by atoms with van der Waals surface area (Å²) < 4.78 is 1.23. The van der Waals surface area contributed by atoms with Gasteiger partial charge in [0, 0.05) is 9.99 Å². The van der Waals surface area contributed by atoms with Gasteiger partial charge in [-0.2, -0.15) is 0 Å². The summed E-state index contributed by atoms with van der Waals surface area (Å²) in [6, 6.07) is 8.36. The summed E-state index contributed by atoms with van der Waals surface area (Å²) in [5, 5.41) is 13.6. The average molecular weight is 347 g/mol. The molecule has 0 aliphatic carbocycles. The van der Waals surface area contributed by atoms with E-state index in [1.54, 1.807) is 0 Å². The molecule has 96 valence electrons. The molecule has 1 aromatic rings. The first-order valence-corrected chi connectivity index (χ1v) is 7.29. The Labute approximate surface area is 118 Å². The van der Waals surface area contributed by atoms with Gasteiger partial charge in [-0.3, -0.25) is 0 Å². The zero-order chi connectivity index (χ0) is 12.7. The number of halogens is 1.